The number of hydrogen-bond donors (Lipinski definition) is 2. The first-order valence-corrected chi connectivity index (χ1v) is 9.73. The van der Waals surface area contributed by atoms with E-state index in [2.05, 4.69) is 25.5 Å². The van der Waals surface area contributed by atoms with Crippen molar-refractivity contribution in [3.8, 4) is 5.75 Å². The highest BCUT2D eigenvalue weighted by atomic mass is 19.1. The summed E-state index contributed by atoms with van der Waals surface area (Å²) in [5, 5.41) is 9.12. The first-order valence-electron chi connectivity index (χ1n) is 9.73. The van der Waals surface area contributed by atoms with Gasteiger partial charge >= 0.3 is 0 Å². The summed E-state index contributed by atoms with van der Waals surface area (Å²) in [6, 6.07) is 8.63. The molecule has 0 saturated carbocycles. The minimum atomic E-state index is -0.965. The number of fused-ring (bicyclic) bond motifs is 2. The molecule has 5 rings (SSSR count). The van der Waals surface area contributed by atoms with Crippen LogP contribution in [0.2, 0.25) is 0 Å². The Hall–Kier alpha value is -4.28. The van der Waals surface area contributed by atoms with Crippen molar-refractivity contribution >= 4 is 28.6 Å². The van der Waals surface area contributed by atoms with Gasteiger partial charge in [-0.05, 0) is 11.6 Å². The van der Waals surface area contributed by atoms with Gasteiger partial charge in [0, 0.05) is 25.6 Å². The summed E-state index contributed by atoms with van der Waals surface area (Å²) in [6.45, 7) is -0.0855. The van der Waals surface area contributed by atoms with Gasteiger partial charge in [0.2, 0.25) is 5.82 Å². The molecule has 3 heterocycles. The largest absolute Gasteiger partial charge is 0.489 e. The molecule has 1 aliphatic rings. The highest BCUT2D eigenvalue weighted by molar-refractivity contribution is 6.03. The molecule has 1 aliphatic heterocycles. The maximum Gasteiger partial charge on any atom is 0.291 e. The molecule has 0 bridgehead atoms. The molecule has 0 unspecified atom stereocenters. The van der Waals surface area contributed by atoms with Crippen molar-refractivity contribution in [2.24, 2.45) is 0 Å². The van der Waals surface area contributed by atoms with Crippen molar-refractivity contribution in [1.82, 2.24) is 25.5 Å². The zero-order valence-electron chi connectivity index (χ0n) is 16.8. The van der Waals surface area contributed by atoms with E-state index in [1.807, 2.05) is 0 Å². The summed E-state index contributed by atoms with van der Waals surface area (Å²) >= 11 is 0. The number of aromatic nitrogens is 4. The van der Waals surface area contributed by atoms with E-state index in [1.54, 1.807) is 37.4 Å². The quantitative estimate of drug-likeness (QED) is 0.500. The Morgan fingerprint density at radius 2 is 2.19 bits per heavy atom. The monoisotopic (exact) mass is 436 g/mol. The summed E-state index contributed by atoms with van der Waals surface area (Å²) in [5.41, 5.74) is 2.02. The maximum absolute atomic E-state index is 13.8. The summed E-state index contributed by atoms with van der Waals surface area (Å²) < 4.78 is 24.9. The first-order chi connectivity index (χ1) is 15.5. The second-order valence-corrected chi connectivity index (χ2v) is 7.25. The summed E-state index contributed by atoms with van der Waals surface area (Å²) in [7, 11) is 1.58. The van der Waals surface area contributed by atoms with E-state index in [0.717, 1.165) is 0 Å². The zero-order chi connectivity index (χ0) is 22.2. The molecule has 162 valence electrons. The number of anilines is 1. The number of aromatic amines is 1. The second kappa shape index (κ2) is 7.76. The normalized spacial score (nSPS) is 15.9. The lowest BCUT2D eigenvalue weighted by Crippen LogP contribution is -2.49. The molecule has 2 N–H and O–H groups in total. The molecule has 1 atom stereocenters. The Morgan fingerprint density at radius 3 is 3.03 bits per heavy atom. The van der Waals surface area contributed by atoms with Crippen LogP contribution in [0.25, 0.3) is 11.1 Å². The van der Waals surface area contributed by atoms with Gasteiger partial charge in [-0.1, -0.05) is 18.2 Å². The average Bonchev–Trinajstić information content (AvgIpc) is 3.43. The van der Waals surface area contributed by atoms with Gasteiger partial charge in [-0.3, -0.25) is 14.7 Å². The third-order valence-corrected chi connectivity index (χ3v) is 5.16. The van der Waals surface area contributed by atoms with Crippen LogP contribution in [0.5, 0.6) is 5.75 Å². The van der Waals surface area contributed by atoms with Gasteiger partial charge < -0.3 is 19.4 Å². The Morgan fingerprint density at radius 1 is 1.34 bits per heavy atom. The van der Waals surface area contributed by atoms with Crippen LogP contribution < -0.4 is 15.0 Å². The third-order valence-electron chi connectivity index (χ3n) is 5.16. The average molecular weight is 436 g/mol. The number of benzene rings is 2. The lowest BCUT2D eigenvalue weighted by atomic mass is 10.1. The number of rotatable bonds is 4. The minimum absolute atomic E-state index is 0.0855. The fourth-order valence-corrected chi connectivity index (χ4v) is 3.47. The van der Waals surface area contributed by atoms with Gasteiger partial charge in [0.25, 0.3) is 11.8 Å². The Balaban J connectivity index is 1.31. The first kappa shape index (κ1) is 19.7. The SMILES string of the molecule is CN1C(=O)[C@@H](NC(=O)c2n[nH]c(Cc3ccccc3F)n2)COc2cc3ncoc3cc21. The van der Waals surface area contributed by atoms with E-state index in [0.29, 0.717) is 33.9 Å². The number of halogens is 1. The van der Waals surface area contributed by atoms with Crippen LogP contribution in [0.1, 0.15) is 22.0 Å². The smallest absolute Gasteiger partial charge is 0.291 e. The van der Waals surface area contributed by atoms with Crippen molar-refractivity contribution in [1.29, 1.82) is 0 Å². The van der Waals surface area contributed by atoms with Crippen LogP contribution in [-0.4, -0.2) is 51.7 Å². The number of oxazole rings is 1. The molecule has 0 spiro atoms. The summed E-state index contributed by atoms with van der Waals surface area (Å²) in [6.07, 6.45) is 1.46. The standard InChI is InChI=1S/C21H17FN6O4/c1-28-15-8-16-13(23-10-32-16)7-17(15)31-9-14(21(28)30)24-20(29)19-25-18(26-27-19)6-11-4-2-3-5-12(11)22/h2-5,7-8,10,14H,6,9H2,1H3,(H,24,29)(H,25,26,27)/t14-/m0/s1. The van der Waals surface area contributed by atoms with Crippen LogP contribution in [-0.2, 0) is 11.2 Å². The zero-order valence-corrected chi connectivity index (χ0v) is 16.8. The maximum atomic E-state index is 13.8. The van der Waals surface area contributed by atoms with Gasteiger partial charge in [0.05, 0.1) is 5.69 Å². The number of ether oxygens (including phenoxy) is 1. The number of hydrogen-bond acceptors (Lipinski definition) is 7. The number of nitrogens with one attached hydrogen (secondary N) is 2. The predicted octanol–water partition coefficient (Wildman–Crippen LogP) is 1.83. The van der Waals surface area contributed by atoms with Crippen molar-refractivity contribution in [3.05, 3.63) is 65.8 Å². The number of likely N-dealkylation sites (N-methyl/N-ethyl adjacent to an activating group) is 1. The Bertz CT molecular complexity index is 1330. The van der Waals surface area contributed by atoms with Gasteiger partial charge in [-0.15, -0.1) is 5.10 Å². The van der Waals surface area contributed by atoms with E-state index < -0.39 is 11.9 Å². The number of carbonyl (C=O) groups excluding carboxylic acids is 2. The molecule has 2 amide bonds. The lowest BCUT2D eigenvalue weighted by Gasteiger charge is -2.19. The van der Waals surface area contributed by atoms with Crippen LogP contribution in [0.15, 0.2) is 47.2 Å². The molecule has 32 heavy (non-hydrogen) atoms. The Kier molecular flexibility index (Phi) is 4.77. The molecule has 11 heteroatoms. The molecule has 2 aromatic carbocycles. The molecule has 0 saturated heterocycles. The summed E-state index contributed by atoms with van der Waals surface area (Å²) in [4.78, 5) is 35.2. The van der Waals surface area contributed by atoms with Gasteiger partial charge in [-0.25, -0.2) is 14.4 Å². The van der Waals surface area contributed by atoms with Gasteiger partial charge in [0.1, 0.15) is 35.6 Å². The highest BCUT2D eigenvalue weighted by Crippen LogP contribution is 2.34. The van der Waals surface area contributed by atoms with E-state index in [4.69, 9.17) is 9.15 Å². The van der Waals surface area contributed by atoms with Crippen LogP contribution in [0.4, 0.5) is 10.1 Å². The predicted molar refractivity (Wildman–Crippen MR) is 110 cm³/mol. The molecule has 0 aliphatic carbocycles. The van der Waals surface area contributed by atoms with Gasteiger partial charge in [0.15, 0.2) is 12.0 Å². The molecular weight excluding hydrogens is 419 g/mol. The van der Waals surface area contributed by atoms with Crippen molar-refractivity contribution in [3.63, 3.8) is 0 Å². The fraction of sp³-hybridized carbons (Fsp3) is 0.190. The summed E-state index contributed by atoms with van der Waals surface area (Å²) in [5.74, 6) is -0.792. The second-order valence-electron chi connectivity index (χ2n) is 7.25. The van der Waals surface area contributed by atoms with Crippen LogP contribution in [0.3, 0.4) is 0 Å². The topological polar surface area (TPSA) is 126 Å². The van der Waals surface area contributed by atoms with E-state index in [-0.39, 0.29) is 30.6 Å². The number of carbonyl (C=O) groups is 2. The molecule has 0 radical (unpaired) electrons. The number of amides is 2. The molecular formula is C21H17FN6O4. The molecule has 0 fully saturated rings. The van der Waals surface area contributed by atoms with E-state index >= 15 is 0 Å². The number of nitrogens with zero attached hydrogens (tertiary/aromatic N) is 4. The number of H-pyrrole nitrogens is 1. The van der Waals surface area contributed by atoms with E-state index in [9.17, 15) is 14.0 Å². The van der Waals surface area contributed by atoms with E-state index in [1.165, 1.54) is 17.4 Å². The fourth-order valence-electron chi connectivity index (χ4n) is 3.47. The highest BCUT2D eigenvalue weighted by Gasteiger charge is 2.32. The molecule has 4 aromatic rings. The molecule has 10 nitrogen and oxygen atoms in total. The van der Waals surface area contributed by atoms with Crippen molar-refractivity contribution in [2.45, 2.75) is 12.5 Å². The Labute approximate surface area is 180 Å². The minimum Gasteiger partial charge on any atom is -0.489 e. The van der Waals surface area contributed by atoms with Crippen LogP contribution >= 0.6 is 0 Å². The van der Waals surface area contributed by atoms with Crippen molar-refractivity contribution in [2.75, 3.05) is 18.6 Å². The molecule has 2 aromatic heterocycles. The van der Waals surface area contributed by atoms with Crippen LogP contribution in [0, 0.1) is 5.82 Å². The van der Waals surface area contributed by atoms with Gasteiger partial charge in [-0.2, -0.15) is 0 Å². The van der Waals surface area contributed by atoms with Crippen molar-refractivity contribution < 1.29 is 23.1 Å². The third kappa shape index (κ3) is 3.53. The lowest BCUT2D eigenvalue weighted by molar-refractivity contribution is -0.120.